The second-order valence-corrected chi connectivity index (χ2v) is 5.00. The SMILES string of the molecule is COc1ccccc1N1N=C2COC(C)C=C2C(C#N)=C1N. The molecule has 0 aliphatic carbocycles. The Labute approximate surface area is 128 Å². The van der Waals surface area contributed by atoms with E-state index in [0.717, 1.165) is 5.57 Å². The third-order valence-corrected chi connectivity index (χ3v) is 3.59. The molecule has 112 valence electrons. The summed E-state index contributed by atoms with van der Waals surface area (Å²) in [5.41, 5.74) is 8.71. The van der Waals surface area contributed by atoms with Crippen LogP contribution in [0.4, 0.5) is 5.69 Å². The maximum absolute atomic E-state index is 9.50. The zero-order chi connectivity index (χ0) is 15.7. The molecule has 1 atom stereocenters. The van der Waals surface area contributed by atoms with Gasteiger partial charge in [0.05, 0.1) is 25.5 Å². The Bertz CT molecular complexity index is 743. The third-order valence-electron chi connectivity index (χ3n) is 3.59. The quantitative estimate of drug-likeness (QED) is 0.901. The van der Waals surface area contributed by atoms with Crippen molar-refractivity contribution in [2.45, 2.75) is 13.0 Å². The molecular formula is C16H16N4O2. The molecule has 0 radical (unpaired) electrons. The zero-order valence-electron chi connectivity index (χ0n) is 12.4. The summed E-state index contributed by atoms with van der Waals surface area (Å²) >= 11 is 0. The molecule has 2 aliphatic rings. The molecular weight excluding hydrogens is 280 g/mol. The van der Waals surface area contributed by atoms with Gasteiger partial charge in [-0.2, -0.15) is 10.4 Å². The van der Waals surface area contributed by atoms with Crippen LogP contribution in [0.3, 0.4) is 0 Å². The van der Waals surface area contributed by atoms with Crippen LogP contribution in [0.2, 0.25) is 0 Å². The van der Waals surface area contributed by atoms with E-state index in [0.29, 0.717) is 29.3 Å². The van der Waals surface area contributed by atoms with Crippen LogP contribution in [0.15, 0.2) is 52.4 Å². The van der Waals surface area contributed by atoms with Crippen LogP contribution in [0.25, 0.3) is 0 Å². The number of nitrogens with zero attached hydrogens (tertiary/aromatic N) is 3. The van der Waals surface area contributed by atoms with Crippen molar-refractivity contribution in [1.82, 2.24) is 0 Å². The Hall–Kier alpha value is -2.78. The molecule has 2 aliphatic heterocycles. The third kappa shape index (κ3) is 2.22. The van der Waals surface area contributed by atoms with Gasteiger partial charge in [-0.05, 0) is 25.1 Å². The first-order chi connectivity index (χ1) is 10.7. The maximum atomic E-state index is 9.50. The van der Waals surface area contributed by atoms with Gasteiger partial charge in [0.15, 0.2) is 0 Å². The van der Waals surface area contributed by atoms with Crippen molar-refractivity contribution in [1.29, 1.82) is 5.26 Å². The molecule has 0 saturated heterocycles. The predicted molar refractivity (Wildman–Crippen MR) is 83.2 cm³/mol. The summed E-state index contributed by atoms with van der Waals surface area (Å²) in [7, 11) is 1.58. The maximum Gasteiger partial charge on any atom is 0.144 e. The highest BCUT2D eigenvalue weighted by atomic mass is 16.5. The van der Waals surface area contributed by atoms with E-state index in [2.05, 4.69) is 11.2 Å². The van der Waals surface area contributed by atoms with Gasteiger partial charge in [0.25, 0.3) is 0 Å². The van der Waals surface area contributed by atoms with Crippen LogP contribution in [0.5, 0.6) is 5.75 Å². The normalized spacial score (nSPS) is 20.8. The van der Waals surface area contributed by atoms with Gasteiger partial charge in [0.1, 0.15) is 28.9 Å². The van der Waals surface area contributed by atoms with E-state index in [4.69, 9.17) is 15.2 Å². The van der Waals surface area contributed by atoms with E-state index in [1.54, 1.807) is 7.11 Å². The largest absolute Gasteiger partial charge is 0.494 e. The molecule has 0 bridgehead atoms. The summed E-state index contributed by atoms with van der Waals surface area (Å²) in [6.45, 7) is 2.26. The number of hydrazone groups is 1. The topological polar surface area (TPSA) is 83.9 Å². The number of nitriles is 1. The number of nitrogens with two attached hydrogens (primary N) is 1. The number of rotatable bonds is 2. The monoisotopic (exact) mass is 296 g/mol. The fourth-order valence-electron chi connectivity index (χ4n) is 2.50. The van der Waals surface area contributed by atoms with Gasteiger partial charge in [0.2, 0.25) is 0 Å². The smallest absolute Gasteiger partial charge is 0.144 e. The van der Waals surface area contributed by atoms with Crippen LogP contribution < -0.4 is 15.5 Å². The first kappa shape index (κ1) is 14.2. The molecule has 2 heterocycles. The van der Waals surface area contributed by atoms with Crippen LogP contribution >= 0.6 is 0 Å². The van der Waals surface area contributed by atoms with Crippen molar-refractivity contribution >= 4 is 11.4 Å². The van der Waals surface area contributed by atoms with Crippen molar-refractivity contribution in [3.8, 4) is 11.8 Å². The molecule has 22 heavy (non-hydrogen) atoms. The second-order valence-electron chi connectivity index (χ2n) is 5.00. The molecule has 3 rings (SSSR count). The highest BCUT2D eigenvalue weighted by Gasteiger charge is 2.30. The van der Waals surface area contributed by atoms with Crippen LogP contribution in [-0.4, -0.2) is 25.5 Å². The number of ether oxygens (including phenoxy) is 2. The molecule has 1 unspecified atom stereocenters. The lowest BCUT2D eigenvalue weighted by Gasteiger charge is -2.31. The Morgan fingerprint density at radius 3 is 2.95 bits per heavy atom. The van der Waals surface area contributed by atoms with E-state index >= 15 is 0 Å². The minimum absolute atomic E-state index is 0.0667. The summed E-state index contributed by atoms with van der Waals surface area (Å²) in [6.07, 6.45) is 1.80. The van der Waals surface area contributed by atoms with Gasteiger partial charge >= 0.3 is 0 Å². The molecule has 2 N–H and O–H groups in total. The number of benzene rings is 1. The van der Waals surface area contributed by atoms with Gasteiger partial charge in [-0.1, -0.05) is 12.1 Å². The Kier molecular flexibility index (Phi) is 3.57. The number of fused-ring (bicyclic) bond motifs is 1. The molecule has 0 aromatic heterocycles. The van der Waals surface area contributed by atoms with Gasteiger partial charge in [-0.15, -0.1) is 0 Å². The van der Waals surface area contributed by atoms with Gasteiger partial charge in [-0.25, -0.2) is 5.01 Å². The fraction of sp³-hybridized carbons (Fsp3) is 0.250. The highest BCUT2D eigenvalue weighted by Crippen LogP contribution is 2.34. The summed E-state index contributed by atoms with van der Waals surface area (Å²) in [5, 5.41) is 15.6. The number of para-hydroxylation sites is 2. The van der Waals surface area contributed by atoms with Gasteiger partial charge < -0.3 is 15.2 Å². The molecule has 0 spiro atoms. The molecule has 6 heteroatoms. The zero-order valence-corrected chi connectivity index (χ0v) is 12.4. The number of anilines is 1. The fourth-order valence-corrected chi connectivity index (χ4v) is 2.50. The minimum Gasteiger partial charge on any atom is -0.494 e. The van der Waals surface area contributed by atoms with Crippen LogP contribution in [-0.2, 0) is 4.74 Å². The minimum atomic E-state index is -0.0667. The van der Waals surface area contributed by atoms with E-state index in [1.165, 1.54) is 5.01 Å². The Balaban J connectivity index is 2.15. The summed E-state index contributed by atoms with van der Waals surface area (Å²) in [6, 6.07) is 9.56. The summed E-state index contributed by atoms with van der Waals surface area (Å²) in [5.74, 6) is 0.917. The van der Waals surface area contributed by atoms with Crippen molar-refractivity contribution < 1.29 is 9.47 Å². The molecule has 6 nitrogen and oxygen atoms in total. The van der Waals surface area contributed by atoms with Crippen LogP contribution in [0, 0.1) is 11.3 Å². The van der Waals surface area contributed by atoms with Crippen molar-refractivity contribution in [2.24, 2.45) is 10.8 Å². The summed E-state index contributed by atoms with van der Waals surface area (Å²) < 4.78 is 10.9. The van der Waals surface area contributed by atoms with Crippen molar-refractivity contribution in [2.75, 3.05) is 18.7 Å². The average molecular weight is 296 g/mol. The lowest BCUT2D eigenvalue weighted by Crippen LogP contribution is -2.35. The Morgan fingerprint density at radius 2 is 2.23 bits per heavy atom. The second kappa shape index (κ2) is 5.54. The lowest BCUT2D eigenvalue weighted by atomic mass is 9.97. The van der Waals surface area contributed by atoms with Gasteiger partial charge in [-0.3, -0.25) is 0 Å². The average Bonchev–Trinajstić information content (AvgIpc) is 2.54. The molecule has 1 aromatic carbocycles. The predicted octanol–water partition coefficient (Wildman–Crippen LogP) is 1.91. The first-order valence-electron chi connectivity index (χ1n) is 6.90. The van der Waals surface area contributed by atoms with Crippen molar-refractivity contribution in [3.05, 3.63) is 47.3 Å². The highest BCUT2D eigenvalue weighted by molar-refractivity contribution is 6.08. The molecule has 0 fully saturated rings. The number of hydrogen-bond donors (Lipinski definition) is 1. The molecule has 0 saturated carbocycles. The van der Waals surface area contributed by atoms with Crippen LogP contribution in [0.1, 0.15) is 6.92 Å². The lowest BCUT2D eigenvalue weighted by molar-refractivity contribution is 0.126. The van der Waals surface area contributed by atoms with Gasteiger partial charge in [0, 0.05) is 5.57 Å². The Morgan fingerprint density at radius 1 is 1.45 bits per heavy atom. The number of allylic oxidation sites excluding steroid dienone is 1. The van der Waals surface area contributed by atoms with E-state index < -0.39 is 0 Å². The van der Waals surface area contributed by atoms with Crippen molar-refractivity contribution in [3.63, 3.8) is 0 Å². The number of hydrogen-bond acceptors (Lipinski definition) is 6. The van der Waals surface area contributed by atoms with E-state index in [1.807, 2.05) is 37.3 Å². The van der Waals surface area contributed by atoms with E-state index in [-0.39, 0.29) is 11.9 Å². The molecule has 1 aromatic rings. The first-order valence-corrected chi connectivity index (χ1v) is 6.90. The molecule has 0 amide bonds. The van der Waals surface area contributed by atoms with E-state index in [9.17, 15) is 5.26 Å². The number of methoxy groups -OCH3 is 1. The summed E-state index contributed by atoms with van der Waals surface area (Å²) in [4.78, 5) is 0. The standard InChI is InChI=1S/C16H16N4O2/c1-10-7-11-12(8-17)16(18)20(19-13(11)9-22-10)14-5-3-4-6-15(14)21-2/h3-7,10H,9,18H2,1-2H3.